The van der Waals surface area contributed by atoms with Crippen LogP contribution in [0, 0.1) is 10.1 Å². The van der Waals surface area contributed by atoms with E-state index in [4.69, 9.17) is 5.11 Å². The lowest BCUT2D eigenvalue weighted by atomic mass is 10.2. The van der Waals surface area contributed by atoms with Gasteiger partial charge in [-0.3, -0.25) is 10.1 Å². The van der Waals surface area contributed by atoms with E-state index in [1.807, 2.05) is 13.8 Å². The summed E-state index contributed by atoms with van der Waals surface area (Å²) in [7, 11) is 0. The molecule has 0 bridgehead atoms. The third kappa shape index (κ3) is 3.94. The summed E-state index contributed by atoms with van der Waals surface area (Å²) in [6.07, 6.45) is 2.01. The predicted octanol–water partition coefficient (Wildman–Crippen LogP) is 3.04. The summed E-state index contributed by atoms with van der Waals surface area (Å²) in [5.74, 6) is -0.882. The van der Waals surface area contributed by atoms with Crippen LogP contribution in [0.15, 0.2) is 30.6 Å². The monoisotopic (exact) mass is 331 g/mol. The van der Waals surface area contributed by atoms with Gasteiger partial charge in [0.2, 0.25) is 11.6 Å². The maximum absolute atomic E-state index is 11.4. The van der Waals surface area contributed by atoms with Gasteiger partial charge in [0.15, 0.2) is 0 Å². The highest BCUT2D eigenvalue weighted by Gasteiger charge is 2.23. The zero-order valence-electron chi connectivity index (χ0n) is 13.2. The highest BCUT2D eigenvalue weighted by molar-refractivity contribution is 5.88. The Hall–Kier alpha value is -3.23. The van der Waals surface area contributed by atoms with E-state index in [-0.39, 0.29) is 28.9 Å². The van der Waals surface area contributed by atoms with Gasteiger partial charge in [-0.05, 0) is 37.6 Å². The summed E-state index contributed by atoms with van der Waals surface area (Å²) in [4.78, 5) is 29.6. The van der Waals surface area contributed by atoms with Gasteiger partial charge in [0, 0.05) is 11.7 Å². The molecule has 0 saturated heterocycles. The SMILES string of the molecule is CCC(C)Nc1ncnc(Nc2ccc(C(=O)O)cc2)c1[N+](=O)[O-]. The van der Waals surface area contributed by atoms with Crippen LogP contribution in [0.1, 0.15) is 30.6 Å². The fourth-order valence-electron chi connectivity index (χ4n) is 1.92. The zero-order chi connectivity index (χ0) is 17.7. The molecule has 126 valence electrons. The number of anilines is 3. The lowest BCUT2D eigenvalue weighted by Gasteiger charge is -2.13. The van der Waals surface area contributed by atoms with Crippen molar-refractivity contribution in [1.82, 2.24) is 9.97 Å². The van der Waals surface area contributed by atoms with Gasteiger partial charge in [-0.15, -0.1) is 0 Å². The van der Waals surface area contributed by atoms with E-state index >= 15 is 0 Å². The number of hydrogen-bond donors (Lipinski definition) is 3. The first-order valence-corrected chi connectivity index (χ1v) is 7.28. The molecule has 0 aliphatic rings. The van der Waals surface area contributed by atoms with E-state index in [1.165, 1.54) is 30.6 Å². The van der Waals surface area contributed by atoms with E-state index in [0.29, 0.717) is 5.69 Å². The predicted molar refractivity (Wildman–Crippen MR) is 88.7 cm³/mol. The van der Waals surface area contributed by atoms with Crippen molar-refractivity contribution in [2.45, 2.75) is 26.3 Å². The highest BCUT2D eigenvalue weighted by Crippen LogP contribution is 2.31. The molecule has 24 heavy (non-hydrogen) atoms. The minimum Gasteiger partial charge on any atom is -0.478 e. The number of nitrogens with one attached hydrogen (secondary N) is 2. The molecule has 0 spiro atoms. The number of hydrogen-bond acceptors (Lipinski definition) is 7. The summed E-state index contributed by atoms with van der Waals surface area (Å²) in [5.41, 5.74) is 0.341. The molecule has 1 atom stereocenters. The van der Waals surface area contributed by atoms with Crippen LogP contribution in [-0.2, 0) is 0 Å². The molecule has 0 amide bonds. The van der Waals surface area contributed by atoms with Gasteiger partial charge in [-0.2, -0.15) is 0 Å². The molecule has 0 radical (unpaired) electrons. The topological polar surface area (TPSA) is 130 Å². The van der Waals surface area contributed by atoms with Crippen LogP contribution in [0.2, 0.25) is 0 Å². The Kier molecular flexibility index (Phi) is 5.25. The fraction of sp³-hybridized carbons (Fsp3) is 0.267. The Morgan fingerprint density at radius 1 is 1.29 bits per heavy atom. The van der Waals surface area contributed by atoms with Gasteiger partial charge in [-0.1, -0.05) is 6.92 Å². The van der Waals surface area contributed by atoms with E-state index < -0.39 is 10.9 Å². The summed E-state index contributed by atoms with van der Waals surface area (Å²) < 4.78 is 0. The van der Waals surface area contributed by atoms with Gasteiger partial charge in [0.05, 0.1) is 10.5 Å². The van der Waals surface area contributed by atoms with Crippen molar-refractivity contribution in [3.05, 3.63) is 46.3 Å². The van der Waals surface area contributed by atoms with Gasteiger partial charge < -0.3 is 15.7 Å². The lowest BCUT2D eigenvalue weighted by Crippen LogP contribution is -2.16. The molecule has 1 unspecified atom stereocenters. The number of carbonyl (C=O) groups is 1. The zero-order valence-corrected chi connectivity index (χ0v) is 13.2. The quantitative estimate of drug-likeness (QED) is 0.521. The van der Waals surface area contributed by atoms with Crippen molar-refractivity contribution in [2.24, 2.45) is 0 Å². The fourth-order valence-corrected chi connectivity index (χ4v) is 1.92. The minimum absolute atomic E-state index is 0.0151. The number of nitro groups is 1. The van der Waals surface area contributed by atoms with E-state index in [2.05, 4.69) is 20.6 Å². The van der Waals surface area contributed by atoms with Crippen LogP contribution in [0.3, 0.4) is 0 Å². The summed E-state index contributed by atoms with van der Waals surface area (Å²) in [6.45, 7) is 3.84. The third-order valence-electron chi connectivity index (χ3n) is 3.39. The second kappa shape index (κ2) is 7.36. The highest BCUT2D eigenvalue weighted by atomic mass is 16.6. The molecule has 2 rings (SSSR count). The maximum atomic E-state index is 11.4. The standard InChI is InChI=1S/C15H17N5O4/c1-3-9(2)18-13-12(20(23)24)14(17-8-16-13)19-11-6-4-10(5-7-11)15(21)22/h4-9H,3H2,1-2H3,(H,21,22)(H2,16,17,18,19). The first-order valence-electron chi connectivity index (χ1n) is 7.28. The molecular weight excluding hydrogens is 314 g/mol. The Labute approximate surface area is 137 Å². The van der Waals surface area contributed by atoms with Crippen LogP contribution in [0.5, 0.6) is 0 Å². The van der Waals surface area contributed by atoms with Gasteiger partial charge in [-0.25, -0.2) is 14.8 Å². The van der Waals surface area contributed by atoms with Crippen molar-refractivity contribution in [3.8, 4) is 0 Å². The van der Waals surface area contributed by atoms with Crippen LogP contribution in [0.25, 0.3) is 0 Å². The molecule has 2 aromatic rings. The van der Waals surface area contributed by atoms with Crippen molar-refractivity contribution in [1.29, 1.82) is 0 Å². The third-order valence-corrected chi connectivity index (χ3v) is 3.39. The van der Waals surface area contributed by atoms with E-state index in [9.17, 15) is 14.9 Å². The molecule has 3 N–H and O–H groups in total. The van der Waals surface area contributed by atoms with Crippen molar-refractivity contribution < 1.29 is 14.8 Å². The molecular formula is C15H17N5O4. The first-order chi connectivity index (χ1) is 11.4. The average Bonchev–Trinajstić information content (AvgIpc) is 2.55. The van der Waals surface area contributed by atoms with Gasteiger partial charge in [0.1, 0.15) is 6.33 Å². The van der Waals surface area contributed by atoms with Crippen LogP contribution >= 0.6 is 0 Å². The Bertz CT molecular complexity index is 748. The van der Waals surface area contributed by atoms with E-state index in [1.54, 1.807) is 0 Å². The number of aromatic nitrogens is 2. The Morgan fingerprint density at radius 3 is 2.46 bits per heavy atom. The lowest BCUT2D eigenvalue weighted by molar-refractivity contribution is -0.383. The maximum Gasteiger partial charge on any atom is 0.353 e. The number of carboxylic acids is 1. The molecule has 0 saturated carbocycles. The molecule has 1 heterocycles. The molecule has 9 nitrogen and oxygen atoms in total. The molecule has 9 heteroatoms. The van der Waals surface area contributed by atoms with Crippen molar-refractivity contribution >= 4 is 29.0 Å². The average molecular weight is 331 g/mol. The van der Waals surface area contributed by atoms with Crippen LogP contribution in [0.4, 0.5) is 23.0 Å². The number of benzene rings is 1. The normalized spacial score (nSPS) is 11.6. The van der Waals surface area contributed by atoms with E-state index in [0.717, 1.165) is 6.42 Å². The van der Waals surface area contributed by atoms with Crippen LogP contribution in [-0.4, -0.2) is 32.0 Å². The number of aromatic carboxylic acids is 1. The second-order valence-electron chi connectivity index (χ2n) is 5.14. The second-order valence-corrected chi connectivity index (χ2v) is 5.14. The largest absolute Gasteiger partial charge is 0.478 e. The van der Waals surface area contributed by atoms with Crippen molar-refractivity contribution in [3.63, 3.8) is 0 Å². The number of rotatable bonds is 7. The molecule has 0 aliphatic carbocycles. The van der Waals surface area contributed by atoms with Gasteiger partial charge in [0.25, 0.3) is 0 Å². The summed E-state index contributed by atoms with van der Waals surface area (Å²) in [6, 6.07) is 5.83. The Morgan fingerprint density at radius 2 is 1.92 bits per heavy atom. The Balaban J connectivity index is 2.33. The number of carboxylic acid groups (broad SMARTS) is 1. The molecule has 1 aromatic heterocycles. The number of nitrogens with zero attached hydrogens (tertiary/aromatic N) is 3. The van der Waals surface area contributed by atoms with Crippen molar-refractivity contribution in [2.75, 3.05) is 10.6 Å². The van der Waals surface area contributed by atoms with Crippen LogP contribution < -0.4 is 10.6 Å². The minimum atomic E-state index is -1.05. The summed E-state index contributed by atoms with van der Waals surface area (Å²) >= 11 is 0. The summed E-state index contributed by atoms with van der Waals surface area (Å²) in [5, 5.41) is 26.1. The van der Waals surface area contributed by atoms with Gasteiger partial charge >= 0.3 is 11.7 Å². The smallest absolute Gasteiger partial charge is 0.353 e. The molecule has 0 fully saturated rings. The first kappa shape index (κ1) is 17.1. The molecule has 1 aromatic carbocycles. The molecule has 0 aliphatic heterocycles.